The van der Waals surface area contributed by atoms with Crippen LogP contribution in [0, 0.1) is 12.8 Å². The molecule has 1 atom stereocenters. The monoisotopic (exact) mass is 325 g/mol. The van der Waals surface area contributed by atoms with Gasteiger partial charge in [-0.05, 0) is 44.2 Å². The number of likely N-dealkylation sites (tertiary alicyclic amines) is 1. The van der Waals surface area contributed by atoms with Crippen LogP contribution in [-0.2, 0) is 21.2 Å². The number of carbonyl (C=O) groups excluding carboxylic acids is 1. The average molecular weight is 325 g/mol. The Morgan fingerprint density at radius 3 is 2.91 bits per heavy atom. The molecular weight excluding hydrogens is 302 g/mol. The lowest BCUT2D eigenvalue weighted by Crippen LogP contribution is -2.45. The Kier molecular flexibility index (Phi) is 5.52. The van der Waals surface area contributed by atoms with Crippen molar-refractivity contribution in [1.29, 1.82) is 0 Å². The smallest absolute Gasteiger partial charge is 0.237 e. The van der Waals surface area contributed by atoms with Crippen LogP contribution in [0.5, 0.6) is 0 Å². The summed E-state index contributed by atoms with van der Waals surface area (Å²) < 4.78 is 24.4. The molecule has 122 valence electrons. The molecule has 1 aromatic rings. The molecule has 2 rings (SSSR count). The van der Waals surface area contributed by atoms with Gasteiger partial charge in [0.15, 0.2) is 0 Å². The van der Waals surface area contributed by atoms with Gasteiger partial charge in [-0.1, -0.05) is 6.07 Å². The quantitative estimate of drug-likeness (QED) is 0.865. The highest BCUT2D eigenvalue weighted by molar-refractivity contribution is 7.88. The molecule has 6 nitrogen and oxygen atoms in total. The Bertz CT molecular complexity index is 631. The highest BCUT2D eigenvalue weighted by Gasteiger charge is 2.24. The van der Waals surface area contributed by atoms with Gasteiger partial charge in [0.2, 0.25) is 15.9 Å². The molecule has 0 spiro atoms. The van der Waals surface area contributed by atoms with Gasteiger partial charge in [-0.25, -0.2) is 13.1 Å². The molecule has 0 bridgehead atoms. The Hall–Kier alpha value is -1.47. The van der Waals surface area contributed by atoms with Crippen molar-refractivity contribution in [2.24, 2.45) is 5.92 Å². The van der Waals surface area contributed by atoms with E-state index in [9.17, 15) is 13.2 Å². The second kappa shape index (κ2) is 7.19. The van der Waals surface area contributed by atoms with Gasteiger partial charge in [0.1, 0.15) is 0 Å². The van der Waals surface area contributed by atoms with Gasteiger partial charge >= 0.3 is 0 Å². The van der Waals surface area contributed by atoms with Gasteiger partial charge in [0.05, 0.1) is 12.8 Å². The maximum Gasteiger partial charge on any atom is 0.237 e. The number of aromatic nitrogens is 1. The number of nitrogens with zero attached hydrogens (tertiary/aromatic N) is 2. The summed E-state index contributed by atoms with van der Waals surface area (Å²) in [5.74, 6) is 0.220. The minimum atomic E-state index is -3.33. The highest BCUT2D eigenvalue weighted by Crippen LogP contribution is 2.20. The first kappa shape index (κ1) is 16.9. The van der Waals surface area contributed by atoms with Crippen molar-refractivity contribution in [3.8, 4) is 0 Å². The number of rotatable bonds is 5. The Morgan fingerprint density at radius 1 is 1.45 bits per heavy atom. The third-order valence-corrected chi connectivity index (χ3v) is 4.47. The van der Waals surface area contributed by atoms with Crippen molar-refractivity contribution >= 4 is 15.9 Å². The number of hydrogen-bond donors (Lipinski definition) is 1. The van der Waals surface area contributed by atoms with Crippen molar-refractivity contribution in [3.63, 3.8) is 0 Å². The van der Waals surface area contributed by atoms with Gasteiger partial charge in [0, 0.05) is 24.5 Å². The van der Waals surface area contributed by atoms with Gasteiger partial charge in [0.25, 0.3) is 0 Å². The number of carbonyl (C=O) groups is 1. The Labute approximate surface area is 132 Å². The second-order valence-corrected chi connectivity index (χ2v) is 7.75. The summed E-state index contributed by atoms with van der Waals surface area (Å²) in [4.78, 5) is 18.3. The van der Waals surface area contributed by atoms with E-state index >= 15 is 0 Å². The van der Waals surface area contributed by atoms with Crippen molar-refractivity contribution < 1.29 is 13.2 Å². The summed E-state index contributed by atoms with van der Waals surface area (Å²) in [6.07, 6.45) is 3.92. The standard InChI is InChI=1S/C15H23N3O3S/c1-12-5-3-7-14(17-12)9-13-6-4-8-18(11-13)15(19)10-16-22(2,20)21/h3,5,7,13,16H,4,6,8-11H2,1-2H3/t13-/m0/s1. The van der Waals surface area contributed by atoms with Gasteiger partial charge in [-0.15, -0.1) is 0 Å². The van der Waals surface area contributed by atoms with Crippen molar-refractivity contribution in [1.82, 2.24) is 14.6 Å². The molecule has 1 aliphatic rings. The predicted octanol–water partition coefficient (Wildman–Crippen LogP) is 0.720. The molecule has 0 saturated carbocycles. The molecule has 2 heterocycles. The number of hydrogen-bond acceptors (Lipinski definition) is 4. The summed E-state index contributed by atoms with van der Waals surface area (Å²) in [5.41, 5.74) is 2.05. The van der Waals surface area contributed by atoms with E-state index in [-0.39, 0.29) is 12.5 Å². The molecule has 7 heteroatoms. The number of amides is 1. The molecule has 1 fully saturated rings. The molecule has 0 aliphatic carbocycles. The van der Waals surface area contributed by atoms with Crippen LogP contribution in [0.4, 0.5) is 0 Å². The predicted molar refractivity (Wildman–Crippen MR) is 84.8 cm³/mol. The normalized spacial score (nSPS) is 19.2. The van der Waals surface area contributed by atoms with Gasteiger partial charge in [-0.3, -0.25) is 9.78 Å². The van der Waals surface area contributed by atoms with Crippen LogP contribution in [-0.4, -0.2) is 50.1 Å². The van der Waals surface area contributed by atoms with Crippen molar-refractivity contribution in [3.05, 3.63) is 29.6 Å². The zero-order valence-corrected chi connectivity index (χ0v) is 13.9. The van der Waals surface area contributed by atoms with Crippen LogP contribution in [0.1, 0.15) is 24.2 Å². The van der Waals surface area contributed by atoms with Crippen LogP contribution in [0.25, 0.3) is 0 Å². The van der Waals surface area contributed by atoms with Crippen LogP contribution in [0.3, 0.4) is 0 Å². The van der Waals surface area contributed by atoms with E-state index in [1.54, 1.807) is 4.90 Å². The zero-order chi connectivity index (χ0) is 16.2. The first-order valence-corrected chi connectivity index (χ1v) is 9.37. The SMILES string of the molecule is Cc1cccc(C[C@@H]2CCCN(C(=O)CNS(C)(=O)=O)C2)n1. The zero-order valence-electron chi connectivity index (χ0n) is 13.1. The van der Waals surface area contributed by atoms with E-state index in [1.165, 1.54) is 0 Å². The largest absolute Gasteiger partial charge is 0.341 e. The fourth-order valence-corrected chi connectivity index (χ4v) is 3.16. The van der Waals surface area contributed by atoms with E-state index in [4.69, 9.17) is 0 Å². The van der Waals surface area contributed by atoms with Crippen molar-refractivity contribution in [2.45, 2.75) is 26.2 Å². The number of pyridine rings is 1. The number of piperidine rings is 1. The third-order valence-electron chi connectivity index (χ3n) is 3.80. The van der Waals surface area contributed by atoms with E-state index in [1.807, 2.05) is 25.1 Å². The molecular formula is C15H23N3O3S. The molecule has 1 amide bonds. The van der Waals surface area contributed by atoms with Gasteiger partial charge in [-0.2, -0.15) is 0 Å². The van der Waals surface area contributed by atoms with Crippen LogP contribution >= 0.6 is 0 Å². The lowest BCUT2D eigenvalue weighted by Gasteiger charge is -2.32. The van der Waals surface area contributed by atoms with Crippen LogP contribution < -0.4 is 4.72 Å². The lowest BCUT2D eigenvalue weighted by molar-refractivity contribution is -0.131. The third kappa shape index (κ3) is 5.38. The summed E-state index contributed by atoms with van der Waals surface area (Å²) in [6.45, 7) is 3.17. The molecule has 1 aromatic heterocycles. The van der Waals surface area contributed by atoms with Crippen molar-refractivity contribution in [2.75, 3.05) is 25.9 Å². The molecule has 22 heavy (non-hydrogen) atoms. The minimum absolute atomic E-state index is 0.158. The molecule has 1 aliphatic heterocycles. The summed E-state index contributed by atoms with van der Waals surface area (Å²) in [5, 5.41) is 0. The lowest BCUT2D eigenvalue weighted by atomic mass is 9.93. The number of nitrogens with one attached hydrogen (secondary N) is 1. The Morgan fingerprint density at radius 2 is 2.23 bits per heavy atom. The van der Waals surface area contributed by atoms with E-state index in [0.29, 0.717) is 19.0 Å². The first-order chi connectivity index (χ1) is 10.3. The fourth-order valence-electron chi connectivity index (χ4n) is 2.77. The summed E-state index contributed by atoms with van der Waals surface area (Å²) >= 11 is 0. The summed E-state index contributed by atoms with van der Waals surface area (Å²) in [6, 6.07) is 5.98. The minimum Gasteiger partial charge on any atom is -0.341 e. The topological polar surface area (TPSA) is 79.4 Å². The Balaban J connectivity index is 1.90. The second-order valence-electron chi connectivity index (χ2n) is 5.92. The number of aryl methyl sites for hydroxylation is 1. The fraction of sp³-hybridized carbons (Fsp3) is 0.600. The average Bonchev–Trinajstić information content (AvgIpc) is 2.44. The highest BCUT2D eigenvalue weighted by atomic mass is 32.2. The summed E-state index contributed by atoms with van der Waals surface area (Å²) in [7, 11) is -3.33. The van der Waals surface area contributed by atoms with Crippen LogP contribution in [0.2, 0.25) is 0 Å². The molecule has 0 unspecified atom stereocenters. The molecule has 1 saturated heterocycles. The van der Waals surface area contributed by atoms with Gasteiger partial charge < -0.3 is 4.90 Å². The van der Waals surface area contributed by atoms with E-state index in [2.05, 4.69) is 9.71 Å². The maximum absolute atomic E-state index is 12.1. The first-order valence-electron chi connectivity index (χ1n) is 7.48. The molecule has 0 radical (unpaired) electrons. The maximum atomic E-state index is 12.1. The molecule has 0 aromatic carbocycles. The van der Waals surface area contributed by atoms with E-state index < -0.39 is 10.0 Å². The number of sulfonamides is 1. The van der Waals surface area contributed by atoms with Crippen LogP contribution in [0.15, 0.2) is 18.2 Å². The van der Waals surface area contributed by atoms with E-state index in [0.717, 1.165) is 36.9 Å². The molecule has 1 N–H and O–H groups in total.